The van der Waals surface area contributed by atoms with E-state index in [0.29, 0.717) is 0 Å². The molecule has 1 rings (SSSR count). The summed E-state index contributed by atoms with van der Waals surface area (Å²) in [5.41, 5.74) is 4.87. The van der Waals surface area contributed by atoms with Gasteiger partial charge in [-0.3, -0.25) is 4.79 Å². The van der Waals surface area contributed by atoms with Gasteiger partial charge in [0.2, 0.25) is 0 Å². The van der Waals surface area contributed by atoms with Crippen LogP contribution >= 0.6 is 0 Å². The highest BCUT2D eigenvalue weighted by atomic mass is 19.4. The molecule has 0 spiro atoms. The van der Waals surface area contributed by atoms with E-state index in [0.717, 1.165) is 0 Å². The summed E-state index contributed by atoms with van der Waals surface area (Å²) >= 11 is 0. The zero-order valence-corrected chi connectivity index (χ0v) is 8.08. The van der Waals surface area contributed by atoms with Gasteiger partial charge in [-0.25, -0.2) is 0 Å². The van der Waals surface area contributed by atoms with Crippen LogP contribution in [0.1, 0.15) is 16.9 Å². The molecule has 8 heteroatoms. The molecule has 3 N–H and O–H groups in total. The SMILES string of the molecule is NC(=O)c1ccc(NCCC(F)(F)F)nn1. The van der Waals surface area contributed by atoms with Gasteiger partial charge in [-0.15, -0.1) is 10.2 Å². The number of nitrogens with two attached hydrogens (primary N) is 1. The van der Waals surface area contributed by atoms with Gasteiger partial charge in [-0.05, 0) is 12.1 Å². The predicted octanol–water partition coefficient (Wildman–Crippen LogP) is 0.940. The maximum atomic E-state index is 11.8. The molecule has 0 aromatic carbocycles. The molecule has 1 heterocycles. The number of nitrogens with one attached hydrogen (secondary N) is 1. The minimum Gasteiger partial charge on any atom is -0.368 e. The molecule has 0 atom stereocenters. The van der Waals surface area contributed by atoms with E-state index in [4.69, 9.17) is 5.73 Å². The molecule has 1 aromatic heterocycles. The Kier molecular flexibility index (Phi) is 3.64. The minimum atomic E-state index is -4.21. The smallest absolute Gasteiger partial charge is 0.368 e. The Bertz CT molecular complexity index is 363. The first kappa shape index (κ1) is 12.2. The zero-order chi connectivity index (χ0) is 12.2. The van der Waals surface area contributed by atoms with Crippen LogP contribution in [0.25, 0.3) is 0 Å². The van der Waals surface area contributed by atoms with E-state index in [2.05, 4.69) is 15.5 Å². The summed E-state index contributed by atoms with van der Waals surface area (Å²) < 4.78 is 35.4. The fraction of sp³-hybridized carbons (Fsp3) is 0.375. The van der Waals surface area contributed by atoms with Crippen LogP contribution in [0.4, 0.5) is 19.0 Å². The molecule has 0 aliphatic rings. The molecule has 0 aliphatic heterocycles. The second-order valence-corrected chi connectivity index (χ2v) is 2.96. The van der Waals surface area contributed by atoms with Crippen molar-refractivity contribution in [2.45, 2.75) is 12.6 Å². The molecule has 5 nitrogen and oxygen atoms in total. The predicted molar refractivity (Wildman–Crippen MR) is 49.7 cm³/mol. The van der Waals surface area contributed by atoms with Crippen LogP contribution in [0.5, 0.6) is 0 Å². The van der Waals surface area contributed by atoms with E-state index in [1.54, 1.807) is 0 Å². The normalized spacial score (nSPS) is 11.2. The number of carbonyl (C=O) groups is 1. The number of hydrogen-bond acceptors (Lipinski definition) is 4. The molecule has 0 saturated heterocycles. The maximum Gasteiger partial charge on any atom is 0.390 e. The standard InChI is InChI=1S/C8H9F3N4O/c9-8(10,11)3-4-13-6-2-1-5(7(12)16)14-15-6/h1-2H,3-4H2,(H2,12,16)(H,13,15). The topological polar surface area (TPSA) is 80.9 Å². The van der Waals surface area contributed by atoms with E-state index >= 15 is 0 Å². The number of halogens is 3. The molecule has 0 saturated carbocycles. The summed E-state index contributed by atoms with van der Waals surface area (Å²) in [6, 6.07) is 2.62. The molecule has 1 amide bonds. The highest BCUT2D eigenvalue weighted by Gasteiger charge is 2.26. The van der Waals surface area contributed by atoms with Crippen LogP contribution in [0, 0.1) is 0 Å². The lowest BCUT2D eigenvalue weighted by Gasteiger charge is -2.07. The average molecular weight is 234 g/mol. The Morgan fingerprint density at radius 3 is 2.50 bits per heavy atom. The Labute approximate surface area is 88.8 Å². The number of anilines is 1. The molecule has 16 heavy (non-hydrogen) atoms. The van der Waals surface area contributed by atoms with E-state index in [1.165, 1.54) is 12.1 Å². The lowest BCUT2D eigenvalue weighted by atomic mass is 10.3. The second-order valence-electron chi connectivity index (χ2n) is 2.96. The van der Waals surface area contributed by atoms with Crippen molar-refractivity contribution < 1.29 is 18.0 Å². The summed E-state index contributed by atoms with van der Waals surface area (Å²) in [4.78, 5) is 10.6. The van der Waals surface area contributed by atoms with Gasteiger partial charge in [-0.1, -0.05) is 0 Å². The fourth-order valence-corrected chi connectivity index (χ4v) is 0.890. The van der Waals surface area contributed by atoms with Crippen molar-refractivity contribution in [3.8, 4) is 0 Å². The van der Waals surface area contributed by atoms with Gasteiger partial charge in [-0.2, -0.15) is 13.2 Å². The van der Waals surface area contributed by atoms with Crippen molar-refractivity contribution in [3.63, 3.8) is 0 Å². The monoisotopic (exact) mass is 234 g/mol. The summed E-state index contributed by atoms with van der Waals surface area (Å²) in [5.74, 6) is -0.580. The number of nitrogens with zero attached hydrogens (tertiary/aromatic N) is 2. The lowest BCUT2D eigenvalue weighted by molar-refractivity contribution is -0.131. The number of amides is 1. The highest BCUT2D eigenvalue weighted by Crippen LogP contribution is 2.18. The van der Waals surface area contributed by atoms with Crippen LogP contribution < -0.4 is 11.1 Å². The Morgan fingerprint density at radius 2 is 2.06 bits per heavy atom. The van der Waals surface area contributed by atoms with Gasteiger partial charge in [0.05, 0.1) is 6.42 Å². The molecule has 1 aromatic rings. The molecule has 0 bridgehead atoms. The summed E-state index contributed by atoms with van der Waals surface area (Å²) in [7, 11) is 0. The summed E-state index contributed by atoms with van der Waals surface area (Å²) in [6.45, 7) is -0.298. The highest BCUT2D eigenvalue weighted by molar-refractivity contribution is 5.90. The second kappa shape index (κ2) is 4.77. The Morgan fingerprint density at radius 1 is 1.38 bits per heavy atom. The molecular weight excluding hydrogens is 225 g/mol. The number of rotatable bonds is 4. The molecule has 88 valence electrons. The first-order valence-electron chi connectivity index (χ1n) is 4.32. The first-order valence-corrected chi connectivity index (χ1v) is 4.32. The third-order valence-electron chi connectivity index (χ3n) is 1.63. The number of hydrogen-bond donors (Lipinski definition) is 2. The van der Waals surface area contributed by atoms with E-state index in [1.807, 2.05) is 0 Å². The number of aromatic nitrogens is 2. The van der Waals surface area contributed by atoms with Crippen molar-refractivity contribution in [2.75, 3.05) is 11.9 Å². The molecular formula is C8H9F3N4O. The molecule has 0 fully saturated rings. The van der Waals surface area contributed by atoms with Crippen LogP contribution in [0.3, 0.4) is 0 Å². The number of primary amides is 1. The first-order chi connectivity index (χ1) is 7.38. The van der Waals surface area contributed by atoms with E-state index < -0.39 is 18.5 Å². The largest absolute Gasteiger partial charge is 0.390 e. The lowest BCUT2D eigenvalue weighted by Crippen LogP contribution is -2.17. The van der Waals surface area contributed by atoms with Crippen molar-refractivity contribution >= 4 is 11.7 Å². The number of alkyl halides is 3. The molecule has 0 aliphatic carbocycles. The van der Waals surface area contributed by atoms with Gasteiger partial charge >= 0.3 is 6.18 Å². The quantitative estimate of drug-likeness (QED) is 0.812. The summed E-state index contributed by atoms with van der Waals surface area (Å²) in [6.07, 6.45) is -5.18. The van der Waals surface area contributed by atoms with Crippen molar-refractivity contribution in [1.29, 1.82) is 0 Å². The third-order valence-corrected chi connectivity index (χ3v) is 1.63. The summed E-state index contributed by atoms with van der Waals surface area (Å²) in [5, 5.41) is 9.34. The van der Waals surface area contributed by atoms with Crippen molar-refractivity contribution in [2.24, 2.45) is 5.73 Å². The zero-order valence-electron chi connectivity index (χ0n) is 8.08. The average Bonchev–Trinajstić information content (AvgIpc) is 2.16. The third kappa shape index (κ3) is 4.11. The van der Waals surface area contributed by atoms with Gasteiger partial charge in [0.1, 0.15) is 5.82 Å². The maximum absolute atomic E-state index is 11.8. The Hall–Kier alpha value is -1.86. The molecule has 0 unspecified atom stereocenters. The van der Waals surface area contributed by atoms with Gasteiger partial charge in [0.15, 0.2) is 5.69 Å². The van der Waals surface area contributed by atoms with Crippen molar-refractivity contribution in [1.82, 2.24) is 10.2 Å². The van der Waals surface area contributed by atoms with Crippen molar-refractivity contribution in [3.05, 3.63) is 17.8 Å². The van der Waals surface area contributed by atoms with Gasteiger partial charge < -0.3 is 11.1 Å². The number of carbonyl (C=O) groups excluding carboxylic acids is 1. The minimum absolute atomic E-state index is 0.0404. The fourth-order valence-electron chi connectivity index (χ4n) is 0.890. The Balaban J connectivity index is 2.47. The van der Waals surface area contributed by atoms with Crippen LogP contribution in [-0.4, -0.2) is 28.8 Å². The van der Waals surface area contributed by atoms with Crippen LogP contribution in [0.2, 0.25) is 0 Å². The molecule has 0 radical (unpaired) electrons. The van der Waals surface area contributed by atoms with Crippen LogP contribution in [0.15, 0.2) is 12.1 Å². The van der Waals surface area contributed by atoms with Crippen LogP contribution in [-0.2, 0) is 0 Å². The van der Waals surface area contributed by atoms with E-state index in [9.17, 15) is 18.0 Å². The van der Waals surface area contributed by atoms with E-state index in [-0.39, 0.29) is 18.1 Å². The van der Waals surface area contributed by atoms with Gasteiger partial charge in [0, 0.05) is 6.54 Å². The van der Waals surface area contributed by atoms with Gasteiger partial charge in [0.25, 0.3) is 5.91 Å².